The van der Waals surface area contributed by atoms with E-state index in [1.807, 2.05) is 26.0 Å². The van der Waals surface area contributed by atoms with Crippen molar-refractivity contribution in [1.29, 1.82) is 0 Å². The molecule has 0 aromatic rings. The van der Waals surface area contributed by atoms with Crippen LogP contribution in [0.1, 0.15) is 40.5 Å². The molecule has 0 saturated heterocycles. The first kappa shape index (κ1) is 14.1. The molecule has 0 fully saturated rings. The number of rotatable bonds is 6. The molecular formula is C13H23NO. The Morgan fingerprint density at radius 1 is 1.33 bits per heavy atom. The fourth-order valence-corrected chi connectivity index (χ4v) is 1.12. The fraction of sp³-hybridized carbons (Fsp3) is 0.615. The van der Waals surface area contributed by atoms with Crippen LogP contribution in [0.5, 0.6) is 0 Å². The number of aliphatic hydroxyl groups is 1. The number of hydrogen-bond acceptors (Lipinski definition) is 2. The average molecular weight is 209 g/mol. The highest BCUT2D eigenvalue weighted by atomic mass is 16.3. The van der Waals surface area contributed by atoms with E-state index in [1.54, 1.807) is 6.21 Å². The monoisotopic (exact) mass is 209 g/mol. The molecule has 0 rings (SSSR count). The fourth-order valence-electron chi connectivity index (χ4n) is 1.12. The topological polar surface area (TPSA) is 32.6 Å². The van der Waals surface area contributed by atoms with Crippen molar-refractivity contribution in [2.75, 3.05) is 6.61 Å². The summed E-state index contributed by atoms with van der Waals surface area (Å²) in [6.45, 7) is 8.37. The molecule has 0 aromatic heterocycles. The Morgan fingerprint density at radius 2 is 2.00 bits per heavy atom. The first-order valence-corrected chi connectivity index (χ1v) is 5.63. The van der Waals surface area contributed by atoms with Crippen LogP contribution in [0.2, 0.25) is 0 Å². The molecule has 0 aliphatic carbocycles. The highest BCUT2D eigenvalue weighted by molar-refractivity contribution is 5.79. The van der Waals surface area contributed by atoms with Crippen molar-refractivity contribution in [3.63, 3.8) is 0 Å². The van der Waals surface area contributed by atoms with Crippen LogP contribution in [0.3, 0.4) is 0 Å². The molecule has 0 heterocycles. The molecule has 1 unspecified atom stereocenters. The predicted molar refractivity (Wildman–Crippen MR) is 67.2 cm³/mol. The van der Waals surface area contributed by atoms with Crippen molar-refractivity contribution in [3.8, 4) is 0 Å². The Labute approximate surface area is 93.4 Å². The van der Waals surface area contributed by atoms with Gasteiger partial charge in [0.2, 0.25) is 0 Å². The molecule has 2 heteroatoms. The van der Waals surface area contributed by atoms with E-state index in [0.29, 0.717) is 5.92 Å². The zero-order valence-electron chi connectivity index (χ0n) is 10.3. The summed E-state index contributed by atoms with van der Waals surface area (Å²) in [5.74, 6) is 0.663. The summed E-state index contributed by atoms with van der Waals surface area (Å²) in [5.41, 5.74) is 1.95. The maximum absolute atomic E-state index is 8.96. The molecule has 1 N–H and O–H groups in total. The van der Waals surface area contributed by atoms with Gasteiger partial charge in [0.25, 0.3) is 0 Å². The first-order valence-electron chi connectivity index (χ1n) is 5.63. The largest absolute Gasteiger partial charge is 0.392 e. The summed E-state index contributed by atoms with van der Waals surface area (Å²) in [7, 11) is 0. The predicted octanol–water partition coefficient (Wildman–Crippen LogP) is 3.34. The van der Waals surface area contributed by atoms with Crippen molar-refractivity contribution in [1.82, 2.24) is 0 Å². The standard InChI is InChI=1S/C13H23NO/c1-5-11(4)8-13(7-3)14-9-12(6-2)10-15/h6-7,9,11,15H,5,8,10H2,1-4H3/b12-6+,13-7-,14-9+. The zero-order chi connectivity index (χ0) is 11.7. The number of aliphatic hydroxyl groups excluding tert-OH is 1. The van der Waals surface area contributed by atoms with Gasteiger partial charge in [0.1, 0.15) is 0 Å². The molecule has 0 radical (unpaired) electrons. The van der Waals surface area contributed by atoms with Crippen LogP contribution < -0.4 is 0 Å². The minimum atomic E-state index is 0.0559. The molecule has 0 saturated carbocycles. The molecule has 2 nitrogen and oxygen atoms in total. The summed E-state index contributed by atoms with van der Waals surface area (Å²) < 4.78 is 0. The summed E-state index contributed by atoms with van der Waals surface area (Å²) in [6, 6.07) is 0. The average Bonchev–Trinajstić information content (AvgIpc) is 2.28. The van der Waals surface area contributed by atoms with Crippen molar-refractivity contribution in [2.24, 2.45) is 10.9 Å². The Morgan fingerprint density at radius 3 is 2.40 bits per heavy atom. The van der Waals surface area contributed by atoms with E-state index in [9.17, 15) is 0 Å². The van der Waals surface area contributed by atoms with Crippen molar-refractivity contribution < 1.29 is 5.11 Å². The SMILES string of the molecule is C\C=C(CC(C)CC)/N=C/C(=C\C)CO. The smallest absolute Gasteiger partial charge is 0.0693 e. The van der Waals surface area contributed by atoms with Gasteiger partial charge in [-0.25, -0.2) is 0 Å². The van der Waals surface area contributed by atoms with E-state index >= 15 is 0 Å². The maximum atomic E-state index is 8.96. The van der Waals surface area contributed by atoms with Gasteiger partial charge in [-0.1, -0.05) is 32.4 Å². The molecule has 0 spiro atoms. The van der Waals surface area contributed by atoms with Gasteiger partial charge in [0.15, 0.2) is 0 Å². The molecule has 1 atom stereocenters. The van der Waals surface area contributed by atoms with E-state index in [1.165, 1.54) is 6.42 Å². The van der Waals surface area contributed by atoms with Crippen LogP contribution in [0, 0.1) is 5.92 Å². The lowest BCUT2D eigenvalue weighted by Crippen LogP contribution is -1.96. The molecule has 0 aliphatic rings. The lowest BCUT2D eigenvalue weighted by Gasteiger charge is -2.07. The number of aliphatic imine (C=N–C) groups is 1. The normalized spacial score (nSPS) is 16.1. The van der Waals surface area contributed by atoms with Gasteiger partial charge in [0.05, 0.1) is 6.61 Å². The van der Waals surface area contributed by atoms with Gasteiger partial charge in [-0.2, -0.15) is 0 Å². The Balaban J connectivity index is 4.34. The molecule has 0 aromatic carbocycles. The van der Waals surface area contributed by atoms with Gasteiger partial charge >= 0.3 is 0 Å². The van der Waals surface area contributed by atoms with Crippen molar-refractivity contribution in [3.05, 3.63) is 23.4 Å². The minimum Gasteiger partial charge on any atom is -0.392 e. The van der Waals surface area contributed by atoms with Gasteiger partial charge in [-0.15, -0.1) is 0 Å². The summed E-state index contributed by atoms with van der Waals surface area (Å²) >= 11 is 0. The Kier molecular flexibility index (Phi) is 7.92. The quantitative estimate of drug-likeness (QED) is 0.669. The Bertz CT molecular complexity index is 251. The molecule has 0 amide bonds. The Hall–Kier alpha value is -0.890. The van der Waals surface area contributed by atoms with E-state index in [0.717, 1.165) is 17.7 Å². The van der Waals surface area contributed by atoms with Gasteiger partial charge < -0.3 is 5.11 Å². The second-order valence-electron chi connectivity index (χ2n) is 3.78. The van der Waals surface area contributed by atoms with Crippen LogP contribution in [-0.4, -0.2) is 17.9 Å². The third-order valence-corrected chi connectivity index (χ3v) is 2.54. The highest BCUT2D eigenvalue weighted by Crippen LogP contribution is 2.15. The van der Waals surface area contributed by atoms with Gasteiger partial charge in [0, 0.05) is 11.9 Å². The van der Waals surface area contributed by atoms with E-state index < -0.39 is 0 Å². The minimum absolute atomic E-state index is 0.0559. The summed E-state index contributed by atoms with van der Waals surface area (Å²) in [5, 5.41) is 8.96. The van der Waals surface area contributed by atoms with Crippen molar-refractivity contribution in [2.45, 2.75) is 40.5 Å². The molecule has 0 bridgehead atoms. The lowest BCUT2D eigenvalue weighted by atomic mass is 10.0. The van der Waals surface area contributed by atoms with E-state index in [-0.39, 0.29) is 6.61 Å². The maximum Gasteiger partial charge on any atom is 0.0693 e. The molecule has 0 aliphatic heterocycles. The van der Waals surface area contributed by atoms with Gasteiger partial charge in [-0.3, -0.25) is 4.99 Å². The summed E-state index contributed by atoms with van der Waals surface area (Å²) in [6.07, 6.45) is 7.83. The molecule has 86 valence electrons. The summed E-state index contributed by atoms with van der Waals surface area (Å²) in [4.78, 5) is 4.38. The number of nitrogens with zero attached hydrogens (tertiary/aromatic N) is 1. The first-order chi connectivity index (χ1) is 7.17. The second-order valence-corrected chi connectivity index (χ2v) is 3.78. The van der Waals surface area contributed by atoms with Crippen LogP contribution in [0.4, 0.5) is 0 Å². The zero-order valence-corrected chi connectivity index (χ0v) is 10.3. The van der Waals surface area contributed by atoms with Crippen LogP contribution in [-0.2, 0) is 0 Å². The van der Waals surface area contributed by atoms with E-state index in [2.05, 4.69) is 18.8 Å². The van der Waals surface area contributed by atoms with Crippen molar-refractivity contribution >= 4 is 6.21 Å². The number of allylic oxidation sites excluding steroid dienone is 3. The van der Waals surface area contributed by atoms with E-state index in [4.69, 9.17) is 5.11 Å². The highest BCUT2D eigenvalue weighted by Gasteiger charge is 2.01. The molecule has 15 heavy (non-hydrogen) atoms. The second kappa shape index (κ2) is 8.42. The van der Waals surface area contributed by atoms with Gasteiger partial charge in [-0.05, 0) is 31.8 Å². The van der Waals surface area contributed by atoms with Crippen LogP contribution >= 0.6 is 0 Å². The van der Waals surface area contributed by atoms with Crippen LogP contribution in [0.15, 0.2) is 28.4 Å². The third kappa shape index (κ3) is 6.24. The molecular weight excluding hydrogens is 186 g/mol. The van der Waals surface area contributed by atoms with Crippen LogP contribution in [0.25, 0.3) is 0 Å². The third-order valence-electron chi connectivity index (χ3n) is 2.54. The number of hydrogen-bond donors (Lipinski definition) is 1. The lowest BCUT2D eigenvalue weighted by molar-refractivity contribution is 0.337.